The highest BCUT2D eigenvalue weighted by Crippen LogP contribution is 2.39. The average Bonchev–Trinajstić information content (AvgIpc) is 2.67. The lowest BCUT2D eigenvalue weighted by Gasteiger charge is -2.02. The predicted molar refractivity (Wildman–Crippen MR) is 77.3 cm³/mol. The monoisotopic (exact) mass is 274 g/mol. The van der Waals surface area contributed by atoms with Gasteiger partial charge >= 0.3 is 0 Å². The van der Waals surface area contributed by atoms with Crippen molar-refractivity contribution < 1.29 is 0 Å². The molecule has 0 atom stereocenters. The Morgan fingerprint density at radius 1 is 1.06 bits per heavy atom. The van der Waals surface area contributed by atoms with Gasteiger partial charge in [-0.3, -0.25) is 0 Å². The first-order valence-corrected chi connectivity index (χ1v) is 6.85. The van der Waals surface area contributed by atoms with Gasteiger partial charge in [0.2, 0.25) is 0 Å². The van der Waals surface area contributed by atoms with E-state index in [9.17, 15) is 0 Å². The molecule has 3 aromatic rings. The summed E-state index contributed by atoms with van der Waals surface area (Å²) in [4.78, 5) is 9.98. The van der Waals surface area contributed by atoms with Gasteiger partial charge in [0, 0.05) is 10.4 Å². The van der Waals surface area contributed by atoms with E-state index in [2.05, 4.69) is 29.0 Å². The molecule has 0 saturated carbocycles. The van der Waals surface area contributed by atoms with E-state index in [0.717, 1.165) is 10.2 Å². The minimum absolute atomic E-state index is 0.549. The van der Waals surface area contributed by atoms with Gasteiger partial charge in [-0.2, -0.15) is 0 Å². The van der Waals surface area contributed by atoms with Gasteiger partial charge in [-0.25, -0.2) is 9.97 Å². The Hall–Kier alpha value is -1.45. The molecule has 0 aliphatic carbocycles. The maximum atomic E-state index is 6.19. The Bertz CT molecular complexity index is 719. The molecule has 0 bridgehead atoms. The number of hydrogen-bond donors (Lipinski definition) is 0. The average molecular weight is 275 g/mol. The van der Waals surface area contributed by atoms with Gasteiger partial charge < -0.3 is 0 Å². The maximum absolute atomic E-state index is 6.19. The number of halogens is 1. The molecule has 0 spiro atoms. The van der Waals surface area contributed by atoms with Crippen molar-refractivity contribution in [2.24, 2.45) is 0 Å². The molecule has 0 aliphatic rings. The lowest BCUT2D eigenvalue weighted by Crippen LogP contribution is -1.89. The van der Waals surface area contributed by atoms with Crippen molar-refractivity contribution in [3.05, 3.63) is 46.2 Å². The Kier molecular flexibility index (Phi) is 2.80. The first-order valence-electron chi connectivity index (χ1n) is 5.65. The van der Waals surface area contributed by atoms with Gasteiger partial charge in [-0.1, -0.05) is 41.9 Å². The fourth-order valence-corrected chi connectivity index (χ4v) is 3.43. The number of benzene rings is 1. The third kappa shape index (κ3) is 1.80. The zero-order valence-electron chi connectivity index (χ0n) is 10.1. The molecule has 1 aromatic carbocycles. The minimum atomic E-state index is 0.549. The predicted octanol–water partition coefficient (Wildman–Crippen LogP) is 4.63. The number of hydrogen-bond acceptors (Lipinski definition) is 3. The lowest BCUT2D eigenvalue weighted by atomic mass is 10.1. The van der Waals surface area contributed by atoms with Crippen LogP contribution in [0.2, 0.25) is 5.15 Å². The SMILES string of the molecule is Cc1nc(Cl)c2sc(C)c(-c3ccccc3)c2n1. The molecule has 0 radical (unpaired) electrons. The standard InChI is InChI=1S/C14H11ClN2S/c1-8-11(10-6-4-3-5-7-10)12-13(18-8)14(15)17-9(2)16-12/h3-7H,1-2H3. The Morgan fingerprint density at radius 3 is 2.50 bits per heavy atom. The number of nitrogens with zero attached hydrogens (tertiary/aromatic N) is 2. The molecule has 0 N–H and O–H groups in total. The molecule has 90 valence electrons. The van der Waals surface area contributed by atoms with Crippen LogP contribution in [0.5, 0.6) is 0 Å². The van der Waals surface area contributed by atoms with Gasteiger partial charge in [-0.05, 0) is 19.4 Å². The normalized spacial score (nSPS) is 11.1. The van der Waals surface area contributed by atoms with E-state index in [-0.39, 0.29) is 0 Å². The molecular weight excluding hydrogens is 264 g/mol. The number of fused-ring (bicyclic) bond motifs is 1. The van der Waals surface area contributed by atoms with Crippen LogP contribution in [0.25, 0.3) is 21.3 Å². The summed E-state index contributed by atoms with van der Waals surface area (Å²) in [6.45, 7) is 3.97. The van der Waals surface area contributed by atoms with Crippen LogP contribution in [0, 0.1) is 13.8 Å². The highest BCUT2D eigenvalue weighted by Gasteiger charge is 2.15. The van der Waals surface area contributed by atoms with Crippen molar-refractivity contribution in [2.75, 3.05) is 0 Å². The molecule has 0 amide bonds. The van der Waals surface area contributed by atoms with Crippen LogP contribution in [-0.4, -0.2) is 9.97 Å². The van der Waals surface area contributed by atoms with Crippen molar-refractivity contribution in [1.29, 1.82) is 0 Å². The molecule has 18 heavy (non-hydrogen) atoms. The quantitative estimate of drug-likeness (QED) is 0.605. The third-order valence-electron chi connectivity index (χ3n) is 2.84. The highest BCUT2D eigenvalue weighted by atomic mass is 35.5. The molecule has 4 heteroatoms. The van der Waals surface area contributed by atoms with Gasteiger partial charge in [0.25, 0.3) is 0 Å². The van der Waals surface area contributed by atoms with Crippen LogP contribution in [0.4, 0.5) is 0 Å². The number of aromatic nitrogens is 2. The summed E-state index contributed by atoms with van der Waals surface area (Å²) in [6, 6.07) is 10.3. The van der Waals surface area contributed by atoms with Crippen LogP contribution in [0.15, 0.2) is 30.3 Å². The van der Waals surface area contributed by atoms with Crippen molar-refractivity contribution in [2.45, 2.75) is 13.8 Å². The second-order valence-electron chi connectivity index (χ2n) is 4.14. The van der Waals surface area contributed by atoms with Crippen molar-refractivity contribution in [3.8, 4) is 11.1 Å². The van der Waals surface area contributed by atoms with Crippen LogP contribution >= 0.6 is 22.9 Å². The first-order chi connectivity index (χ1) is 8.66. The molecular formula is C14H11ClN2S. The van der Waals surface area contributed by atoms with Crippen molar-refractivity contribution >= 4 is 33.2 Å². The smallest absolute Gasteiger partial charge is 0.150 e. The Balaban J connectivity index is 2.39. The van der Waals surface area contributed by atoms with E-state index in [1.165, 1.54) is 16.0 Å². The molecule has 0 aliphatic heterocycles. The minimum Gasteiger partial charge on any atom is -0.232 e. The Morgan fingerprint density at radius 2 is 1.78 bits per heavy atom. The summed E-state index contributed by atoms with van der Waals surface area (Å²) >= 11 is 7.85. The fraction of sp³-hybridized carbons (Fsp3) is 0.143. The van der Waals surface area contributed by atoms with Gasteiger partial charge in [0.1, 0.15) is 5.82 Å². The summed E-state index contributed by atoms with van der Waals surface area (Å²) in [5.41, 5.74) is 3.31. The lowest BCUT2D eigenvalue weighted by molar-refractivity contribution is 1.10. The van der Waals surface area contributed by atoms with E-state index in [1.54, 1.807) is 11.3 Å². The van der Waals surface area contributed by atoms with Crippen LogP contribution in [0.3, 0.4) is 0 Å². The van der Waals surface area contributed by atoms with Crippen molar-refractivity contribution in [3.63, 3.8) is 0 Å². The molecule has 0 saturated heterocycles. The largest absolute Gasteiger partial charge is 0.232 e. The van der Waals surface area contributed by atoms with E-state index < -0.39 is 0 Å². The zero-order chi connectivity index (χ0) is 12.7. The van der Waals surface area contributed by atoms with Crippen molar-refractivity contribution in [1.82, 2.24) is 9.97 Å². The van der Waals surface area contributed by atoms with E-state index in [0.29, 0.717) is 11.0 Å². The molecule has 3 rings (SSSR count). The highest BCUT2D eigenvalue weighted by molar-refractivity contribution is 7.20. The zero-order valence-corrected chi connectivity index (χ0v) is 11.6. The summed E-state index contributed by atoms with van der Waals surface area (Å²) in [7, 11) is 0. The number of aryl methyl sites for hydroxylation is 2. The first kappa shape index (κ1) is 11.6. The molecule has 0 unspecified atom stereocenters. The summed E-state index contributed by atoms with van der Waals surface area (Å²) < 4.78 is 0.971. The topological polar surface area (TPSA) is 25.8 Å². The van der Waals surface area contributed by atoms with E-state index in [4.69, 9.17) is 11.6 Å². The summed E-state index contributed by atoms with van der Waals surface area (Å²) in [5, 5.41) is 0.549. The molecule has 2 heterocycles. The molecule has 2 nitrogen and oxygen atoms in total. The van der Waals surface area contributed by atoms with Gasteiger partial charge in [0.05, 0.1) is 10.2 Å². The maximum Gasteiger partial charge on any atom is 0.150 e. The fourth-order valence-electron chi connectivity index (χ4n) is 2.10. The molecule has 0 fully saturated rings. The van der Waals surface area contributed by atoms with Crippen LogP contribution < -0.4 is 0 Å². The third-order valence-corrected chi connectivity index (χ3v) is 4.33. The van der Waals surface area contributed by atoms with E-state index in [1.807, 2.05) is 25.1 Å². The van der Waals surface area contributed by atoms with Crippen LogP contribution in [0.1, 0.15) is 10.7 Å². The Labute approximate surface area is 114 Å². The number of thiophene rings is 1. The van der Waals surface area contributed by atoms with Gasteiger partial charge in [0.15, 0.2) is 5.15 Å². The second kappa shape index (κ2) is 4.34. The van der Waals surface area contributed by atoms with E-state index >= 15 is 0 Å². The molecule has 2 aromatic heterocycles. The van der Waals surface area contributed by atoms with Crippen LogP contribution in [-0.2, 0) is 0 Å². The number of rotatable bonds is 1. The summed E-state index contributed by atoms with van der Waals surface area (Å²) in [5.74, 6) is 0.711. The summed E-state index contributed by atoms with van der Waals surface area (Å²) in [6.07, 6.45) is 0. The second-order valence-corrected chi connectivity index (χ2v) is 5.72. The van der Waals surface area contributed by atoms with Gasteiger partial charge in [-0.15, -0.1) is 11.3 Å².